The quantitative estimate of drug-likeness (QED) is 0.550. The summed E-state index contributed by atoms with van der Waals surface area (Å²) in [6.07, 6.45) is 1.42. The number of benzene rings is 1. The van der Waals surface area contributed by atoms with Crippen LogP contribution >= 0.6 is 15.9 Å². The van der Waals surface area contributed by atoms with Crippen LogP contribution in [-0.2, 0) is 27.2 Å². The molecule has 2 aromatic rings. The molecule has 11 heteroatoms. The van der Waals surface area contributed by atoms with Crippen molar-refractivity contribution in [3.63, 3.8) is 0 Å². The van der Waals surface area contributed by atoms with Crippen LogP contribution in [0.4, 0.5) is 4.39 Å². The number of carbonyl (C=O) groups is 1. The SMILES string of the molecule is Cc1cc(CN2CCN(C(=O)COc3ncc(Br)cc3CS(=O)(=O)O)CC2)c(C)cc1F. The molecule has 0 atom stereocenters. The highest BCUT2D eigenvalue weighted by atomic mass is 79.9. The third kappa shape index (κ3) is 6.71. The Hall–Kier alpha value is -2.08. The van der Waals surface area contributed by atoms with Crippen LogP contribution in [-0.4, -0.2) is 66.4 Å². The summed E-state index contributed by atoms with van der Waals surface area (Å²) in [5.41, 5.74) is 2.75. The van der Waals surface area contributed by atoms with Gasteiger partial charge >= 0.3 is 0 Å². The Labute approximate surface area is 195 Å². The van der Waals surface area contributed by atoms with E-state index in [9.17, 15) is 17.6 Å². The molecule has 0 bridgehead atoms. The van der Waals surface area contributed by atoms with Gasteiger partial charge in [0.25, 0.3) is 16.0 Å². The topological polar surface area (TPSA) is 100 Å². The number of rotatable bonds is 7. The van der Waals surface area contributed by atoms with Crippen molar-refractivity contribution in [2.75, 3.05) is 32.8 Å². The smallest absolute Gasteiger partial charge is 0.269 e. The largest absolute Gasteiger partial charge is 0.467 e. The molecule has 3 rings (SSSR count). The van der Waals surface area contributed by atoms with Crippen molar-refractivity contribution < 1.29 is 26.9 Å². The lowest BCUT2D eigenvalue weighted by atomic mass is 10.0. The Kier molecular flexibility index (Phi) is 7.86. The van der Waals surface area contributed by atoms with Crippen molar-refractivity contribution in [2.45, 2.75) is 26.1 Å². The number of pyridine rings is 1. The lowest BCUT2D eigenvalue weighted by Crippen LogP contribution is -2.49. The van der Waals surface area contributed by atoms with Gasteiger partial charge in [0.15, 0.2) is 6.61 Å². The van der Waals surface area contributed by atoms with E-state index >= 15 is 0 Å². The van der Waals surface area contributed by atoms with E-state index in [0.717, 1.165) is 11.1 Å². The molecular weight excluding hydrogens is 505 g/mol. The number of aromatic nitrogens is 1. The summed E-state index contributed by atoms with van der Waals surface area (Å²) in [5, 5.41) is 0. The zero-order valence-electron chi connectivity index (χ0n) is 17.8. The normalized spacial score (nSPS) is 15.1. The van der Waals surface area contributed by atoms with E-state index in [0.29, 0.717) is 42.8 Å². The molecule has 1 fully saturated rings. The zero-order valence-corrected chi connectivity index (χ0v) is 20.2. The fraction of sp³-hybridized carbons (Fsp3) is 0.429. The van der Waals surface area contributed by atoms with Gasteiger partial charge in [0, 0.05) is 49.0 Å². The van der Waals surface area contributed by atoms with Gasteiger partial charge in [-0.2, -0.15) is 8.42 Å². The van der Waals surface area contributed by atoms with E-state index in [1.807, 2.05) is 13.0 Å². The predicted molar refractivity (Wildman–Crippen MR) is 120 cm³/mol. The van der Waals surface area contributed by atoms with Crippen LogP contribution in [0, 0.1) is 19.7 Å². The Balaban J connectivity index is 1.54. The number of ether oxygens (including phenoxy) is 1. The average molecular weight is 530 g/mol. The Bertz CT molecular complexity index is 1100. The Morgan fingerprint density at radius 2 is 1.84 bits per heavy atom. The summed E-state index contributed by atoms with van der Waals surface area (Å²) in [6.45, 7) is 6.42. The number of nitrogens with zero attached hydrogens (tertiary/aromatic N) is 3. The van der Waals surface area contributed by atoms with Gasteiger partial charge in [0.2, 0.25) is 5.88 Å². The number of amides is 1. The number of hydrogen-bond acceptors (Lipinski definition) is 6. The van der Waals surface area contributed by atoms with Crippen LogP contribution in [0.2, 0.25) is 0 Å². The molecule has 0 unspecified atom stereocenters. The fourth-order valence-electron chi connectivity index (χ4n) is 3.53. The molecule has 1 N–H and O–H groups in total. The van der Waals surface area contributed by atoms with Gasteiger partial charge < -0.3 is 9.64 Å². The van der Waals surface area contributed by atoms with Crippen LogP contribution in [0.3, 0.4) is 0 Å². The molecule has 0 spiro atoms. The van der Waals surface area contributed by atoms with Crippen LogP contribution in [0.5, 0.6) is 5.88 Å². The molecule has 0 radical (unpaired) electrons. The van der Waals surface area contributed by atoms with E-state index in [1.54, 1.807) is 17.9 Å². The number of hydrogen-bond donors (Lipinski definition) is 1. The summed E-state index contributed by atoms with van der Waals surface area (Å²) in [4.78, 5) is 20.5. The molecule has 2 heterocycles. The molecule has 0 aliphatic carbocycles. The molecule has 1 aliphatic rings. The number of halogens is 2. The van der Waals surface area contributed by atoms with Gasteiger partial charge in [-0.25, -0.2) is 9.37 Å². The third-order valence-corrected chi connectivity index (χ3v) is 6.41. The highest BCUT2D eigenvalue weighted by Crippen LogP contribution is 2.22. The first-order chi connectivity index (χ1) is 15.0. The minimum Gasteiger partial charge on any atom is -0.467 e. The van der Waals surface area contributed by atoms with Gasteiger partial charge in [-0.05, 0) is 58.6 Å². The first-order valence-corrected chi connectivity index (χ1v) is 12.4. The van der Waals surface area contributed by atoms with E-state index in [2.05, 4.69) is 25.8 Å². The molecule has 1 amide bonds. The van der Waals surface area contributed by atoms with Crippen molar-refractivity contribution in [3.8, 4) is 5.88 Å². The standard InChI is InChI=1S/C21H25BrFN3O5S/c1-14-8-19(23)15(2)7-16(14)11-25-3-5-26(6-4-25)20(27)12-31-21-17(13-32(28,29)30)9-18(22)10-24-21/h7-10H,3-6,11-13H2,1-2H3,(H,28,29,30). The third-order valence-electron chi connectivity index (χ3n) is 5.30. The van der Waals surface area contributed by atoms with Gasteiger partial charge in [-0.1, -0.05) is 6.07 Å². The molecule has 174 valence electrons. The van der Waals surface area contributed by atoms with Gasteiger partial charge in [0.1, 0.15) is 11.6 Å². The van der Waals surface area contributed by atoms with E-state index in [1.165, 1.54) is 12.3 Å². The van der Waals surface area contributed by atoms with Crippen molar-refractivity contribution in [1.29, 1.82) is 0 Å². The van der Waals surface area contributed by atoms with E-state index in [4.69, 9.17) is 9.29 Å². The van der Waals surface area contributed by atoms with E-state index < -0.39 is 15.9 Å². The highest BCUT2D eigenvalue weighted by Gasteiger charge is 2.23. The number of piperazine rings is 1. The van der Waals surface area contributed by atoms with Crippen molar-refractivity contribution in [2.24, 2.45) is 0 Å². The summed E-state index contributed by atoms with van der Waals surface area (Å²) in [7, 11) is -4.28. The zero-order chi connectivity index (χ0) is 23.5. The second-order valence-electron chi connectivity index (χ2n) is 7.82. The maximum absolute atomic E-state index is 13.7. The molecule has 1 aliphatic heterocycles. The Morgan fingerprint density at radius 3 is 2.50 bits per heavy atom. The fourth-order valence-corrected chi connectivity index (χ4v) is 4.51. The maximum atomic E-state index is 13.7. The summed E-state index contributed by atoms with van der Waals surface area (Å²) in [6, 6.07) is 4.89. The molecule has 0 saturated carbocycles. The van der Waals surface area contributed by atoms with Crippen molar-refractivity contribution in [3.05, 3.63) is 56.9 Å². The minimum atomic E-state index is -4.28. The molecular formula is C21H25BrFN3O5S. The molecule has 1 aromatic heterocycles. The maximum Gasteiger partial charge on any atom is 0.269 e. The lowest BCUT2D eigenvalue weighted by Gasteiger charge is -2.35. The molecule has 1 aromatic carbocycles. The summed E-state index contributed by atoms with van der Waals surface area (Å²) < 4.78 is 51.2. The van der Waals surface area contributed by atoms with Crippen LogP contribution in [0.25, 0.3) is 0 Å². The highest BCUT2D eigenvalue weighted by molar-refractivity contribution is 9.10. The molecule has 1 saturated heterocycles. The second kappa shape index (κ2) is 10.2. The summed E-state index contributed by atoms with van der Waals surface area (Å²) in [5.74, 6) is -1.12. The Morgan fingerprint density at radius 1 is 1.16 bits per heavy atom. The molecule has 8 nitrogen and oxygen atoms in total. The summed E-state index contributed by atoms with van der Waals surface area (Å²) >= 11 is 3.19. The van der Waals surface area contributed by atoms with Crippen LogP contribution in [0.1, 0.15) is 22.3 Å². The monoisotopic (exact) mass is 529 g/mol. The van der Waals surface area contributed by atoms with Gasteiger partial charge in [-0.3, -0.25) is 14.2 Å². The second-order valence-corrected chi connectivity index (χ2v) is 10.2. The predicted octanol–water partition coefficient (Wildman–Crippen LogP) is 2.71. The van der Waals surface area contributed by atoms with Crippen molar-refractivity contribution >= 4 is 32.0 Å². The van der Waals surface area contributed by atoms with E-state index in [-0.39, 0.29) is 29.8 Å². The minimum absolute atomic E-state index is 0.0139. The molecule has 32 heavy (non-hydrogen) atoms. The first-order valence-electron chi connectivity index (χ1n) is 10.00. The average Bonchev–Trinajstić information content (AvgIpc) is 2.70. The number of carbonyl (C=O) groups excluding carboxylic acids is 1. The van der Waals surface area contributed by atoms with Crippen LogP contribution in [0.15, 0.2) is 28.9 Å². The van der Waals surface area contributed by atoms with Crippen LogP contribution < -0.4 is 4.74 Å². The van der Waals surface area contributed by atoms with Gasteiger partial charge in [-0.15, -0.1) is 0 Å². The van der Waals surface area contributed by atoms with Crippen molar-refractivity contribution in [1.82, 2.24) is 14.8 Å². The lowest BCUT2D eigenvalue weighted by molar-refractivity contribution is -0.135. The van der Waals surface area contributed by atoms with Gasteiger partial charge in [0.05, 0.1) is 0 Å². The number of aryl methyl sites for hydroxylation is 2. The first kappa shape index (κ1) is 24.6.